The van der Waals surface area contributed by atoms with E-state index in [0.717, 1.165) is 49.7 Å². The topological polar surface area (TPSA) is 12.4 Å². The maximum Gasteiger partial charge on any atom is 0.0748 e. The molecular formula is C64H65N. The van der Waals surface area contributed by atoms with Gasteiger partial charge < -0.3 is 0 Å². The largest absolute Gasteiger partial charge is 0.286 e. The summed E-state index contributed by atoms with van der Waals surface area (Å²) in [7, 11) is 0. The number of hydrogen-bond acceptors (Lipinski definition) is 1. The van der Waals surface area contributed by atoms with Gasteiger partial charge in [-0.1, -0.05) is 214 Å². The van der Waals surface area contributed by atoms with E-state index in [-0.39, 0.29) is 12.0 Å². The molecule has 0 N–H and O–H groups in total. The molecule has 0 saturated carbocycles. The van der Waals surface area contributed by atoms with Gasteiger partial charge in [0.25, 0.3) is 0 Å². The van der Waals surface area contributed by atoms with Gasteiger partial charge in [0.1, 0.15) is 0 Å². The van der Waals surface area contributed by atoms with Gasteiger partial charge in [-0.15, -0.1) is 5.73 Å². The van der Waals surface area contributed by atoms with Gasteiger partial charge in [-0.3, -0.25) is 4.99 Å². The van der Waals surface area contributed by atoms with Crippen LogP contribution >= 0.6 is 0 Å². The second-order valence-electron chi connectivity index (χ2n) is 18.3. The quantitative estimate of drug-likeness (QED) is 0.0777. The Morgan fingerprint density at radius 3 is 2.29 bits per heavy atom. The van der Waals surface area contributed by atoms with Crippen molar-refractivity contribution in [2.24, 2.45) is 40.5 Å². The van der Waals surface area contributed by atoms with Gasteiger partial charge in [0.05, 0.1) is 6.04 Å². The number of hydrogen-bond donors (Lipinski definition) is 0. The SMILES string of the molecule is C=C=C(/C=C/C(N=C(C)C1CC=CC(C2=CCC(C)C(C(/C=C\C=C\C=C)=C(/C)C3=CC=C4C=CC=CC4C3)=C2)C1)C1C=CC(C2C=CC=CC2)=CC1)c1ccc(-c2ccccc2)cc1. The zero-order chi connectivity index (χ0) is 45.0. The van der Waals surface area contributed by atoms with Gasteiger partial charge >= 0.3 is 0 Å². The summed E-state index contributed by atoms with van der Waals surface area (Å²) in [6.45, 7) is 15.0. The van der Waals surface area contributed by atoms with E-state index in [2.05, 4.69) is 228 Å². The van der Waals surface area contributed by atoms with E-state index in [9.17, 15) is 0 Å². The van der Waals surface area contributed by atoms with Crippen LogP contribution in [0.1, 0.15) is 64.9 Å². The van der Waals surface area contributed by atoms with Crippen molar-refractivity contribution in [2.45, 2.75) is 65.3 Å². The summed E-state index contributed by atoms with van der Waals surface area (Å²) in [5.41, 5.74) is 18.8. The molecular weight excluding hydrogens is 783 g/mol. The summed E-state index contributed by atoms with van der Waals surface area (Å²) < 4.78 is 0. The Kier molecular flexibility index (Phi) is 15.2. The van der Waals surface area contributed by atoms with Gasteiger partial charge in [-0.25, -0.2) is 0 Å². The fourth-order valence-corrected chi connectivity index (χ4v) is 10.1. The molecule has 6 aliphatic rings. The zero-order valence-electron chi connectivity index (χ0n) is 38.7. The summed E-state index contributed by atoms with van der Waals surface area (Å²) >= 11 is 0. The van der Waals surface area contributed by atoms with Crippen LogP contribution in [0.25, 0.3) is 16.7 Å². The Morgan fingerprint density at radius 2 is 1.52 bits per heavy atom. The zero-order valence-corrected chi connectivity index (χ0v) is 38.7. The third-order valence-corrected chi connectivity index (χ3v) is 14.1. The Hall–Kier alpha value is -6.53. The lowest BCUT2D eigenvalue weighted by molar-refractivity contribution is 0.515. The second kappa shape index (κ2) is 21.9. The van der Waals surface area contributed by atoms with Gasteiger partial charge in [0.15, 0.2) is 0 Å². The van der Waals surface area contributed by atoms with Crippen molar-refractivity contribution in [2.75, 3.05) is 0 Å². The van der Waals surface area contributed by atoms with Gasteiger partial charge in [0, 0.05) is 40.9 Å². The van der Waals surface area contributed by atoms with Crippen molar-refractivity contribution < 1.29 is 0 Å². The summed E-state index contributed by atoms with van der Waals surface area (Å²) in [6.07, 6.45) is 60.8. The van der Waals surface area contributed by atoms with E-state index < -0.39 is 0 Å². The van der Waals surface area contributed by atoms with Crippen molar-refractivity contribution in [3.05, 3.63) is 264 Å². The van der Waals surface area contributed by atoms with Gasteiger partial charge in [-0.2, -0.15) is 0 Å². The smallest absolute Gasteiger partial charge is 0.0748 e. The third kappa shape index (κ3) is 11.2. The molecule has 7 atom stereocenters. The van der Waals surface area contributed by atoms with Crippen LogP contribution in [0.2, 0.25) is 0 Å². The Balaban J connectivity index is 1.05. The molecule has 65 heavy (non-hydrogen) atoms. The molecule has 0 bridgehead atoms. The van der Waals surface area contributed by atoms with E-state index in [0.29, 0.717) is 29.6 Å². The molecule has 0 radical (unpaired) electrons. The lowest BCUT2D eigenvalue weighted by Crippen LogP contribution is -2.24. The minimum absolute atomic E-state index is 0.0129. The predicted octanol–water partition coefficient (Wildman–Crippen LogP) is 16.6. The van der Waals surface area contributed by atoms with E-state index >= 15 is 0 Å². The predicted molar refractivity (Wildman–Crippen MR) is 281 cm³/mol. The first kappa shape index (κ1) is 45.1. The molecule has 6 aliphatic carbocycles. The van der Waals surface area contributed by atoms with Crippen molar-refractivity contribution >= 4 is 11.3 Å². The lowest BCUT2D eigenvalue weighted by Gasteiger charge is -2.31. The minimum Gasteiger partial charge on any atom is -0.286 e. The van der Waals surface area contributed by atoms with Gasteiger partial charge in [0.2, 0.25) is 0 Å². The lowest BCUT2D eigenvalue weighted by atomic mass is 9.74. The molecule has 326 valence electrons. The van der Waals surface area contributed by atoms with Crippen molar-refractivity contribution in [1.82, 2.24) is 0 Å². The van der Waals surface area contributed by atoms with Gasteiger partial charge in [-0.05, 0) is 120 Å². The normalized spacial score (nSPS) is 26.0. The average Bonchev–Trinajstić information content (AvgIpc) is 3.37. The Bertz CT molecular complexity index is 2650. The number of rotatable bonds is 14. The first-order chi connectivity index (χ1) is 31.9. The minimum atomic E-state index is -0.0129. The van der Waals surface area contributed by atoms with Crippen LogP contribution in [0.15, 0.2) is 263 Å². The number of nitrogens with zero attached hydrogens (tertiary/aromatic N) is 1. The van der Waals surface area contributed by atoms with Crippen LogP contribution in [0.4, 0.5) is 0 Å². The molecule has 2 aromatic carbocycles. The number of allylic oxidation sites excluding steroid dienone is 30. The van der Waals surface area contributed by atoms with Crippen LogP contribution in [0, 0.1) is 35.5 Å². The first-order valence-electron chi connectivity index (χ1n) is 23.9. The van der Waals surface area contributed by atoms with Crippen LogP contribution in [0.5, 0.6) is 0 Å². The molecule has 7 unspecified atom stereocenters. The molecule has 0 amide bonds. The number of benzene rings is 2. The van der Waals surface area contributed by atoms with E-state index in [4.69, 9.17) is 4.99 Å². The summed E-state index contributed by atoms with van der Waals surface area (Å²) in [6, 6.07) is 19.3. The van der Waals surface area contributed by atoms with Crippen LogP contribution in [0.3, 0.4) is 0 Å². The molecule has 0 spiro atoms. The highest BCUT2D eigenvalue weighted by Gasteiger charge is 2.28. The number of fused-ring (bicyclic) bond motifs is 1. The monoisotopic (exact) mass is 848 g/mol. The second-order valence-corrected chi connectivity index (χ2v) is 18.3. The highest BCUT2D eigenvalue weighted by Crippen LogP contribution is 2.41. The summed E-state index contributed by atoms with van der Waals surface area (Å²) in [5.74, 6) is 2.27. The van der Waals surface area contributed by atoms with E-state index in [1.165, 1.54) is 55.9 Å². The van der Waals surface area contributed by atoms with Crippen LogP contribution in [-0.2, 0) is 0 Å². The molecule has 0 aromatic heterocycles. The van der Waals surface area contributed by atoms with E-state index in [1.807, 2.05) is 12.2 Å². The maximum absolute atomic E-state index is 5.65. The fraction of sp³-hybridized carbons (Fsp3) is 0.250. The summed E-state index contributed by atoms with van der Waals surface area (Å²) in [4.78, 5) is 5.65. The Morgan fingerprint density at radius 1 is 0.723 bits per heavy atom. The third-order valence-electron chi connectivity index (χ3n) is 14.1. The fourth-order valence-electron chi connectivity index (χ4n) is 10.1. The molecule has 1 heteroatoms. The van der Waals surface area contributed by atoms with Crippen LogP contribution in [-0.4, -0.2) is 11.8 Å². The molecule has 0 aliphatic heterocycles. The Labute approximate surface area is 390 Å². The first-order valence-corrected chi connectivity index (χ1v) is 23.9. The van der Waals surface area contributed by atoms with Crippen molar-refractivity contribution in [3.8, 4) is 11.1 Å². The maximum atomic E-state index is 5.65. The molecule has 0 saturated heterocycles. The highest BCUT2D eigenvalue weighted by atomic mass is 14.8. The number of aliphatic imine (C=N–C) groups is 1. The molecule has 0 fully saturated rings. The highest BCUT2D eigenvalue weighted by molar-refractivity contribution is 5.85. The average molecular weight is 848 g/mol. The van der Waals surface area contributed by atoms with Crippen molar-refractivity contribution in [1.29, 1.82) is 0 Å². The van der Waals surface area contributed by atoms with E-state index in [1.54, 1.807) is 0 Å². The molecule has 8 rings (SSSR count). The summed E-state index contributed by atoms with van der Waals surface area (Å²) in [5, 5.41) is 0. The van der Waals surface area contributed by atoms with Crippen molar-refractivity contribution in [3.63, 3.8) is 0 Å². The molecule has 1 nitrogen and oxygen atoms in total. The molecule has 0 heterocycles. The standard InChI is InChI=1S/C64H65N/c1-6-8-9-16-28-62(47(4)57-40-37-52-24-17-18-25-59(52)43-57)63-45-61(30-29-46(63)3)60-27-19-26-58(44-60)48(5)65-64(56-38-35-55(36-39-56)51-22-14-11-15-23-51)42-41-49(7-2)53-31-33-54(34-32-53)50-20-12-10-13-21-50/h6,8-22,24-25,27-28,30-38,40-42,45-46,51,56,58-60,64H,1-2,23,26,29,39,43-44H2,3-5H3/b9-8+,28-16-,42-41+,62-47-,65-48?. The van der Waals surface area contributed by atoms with Crippen LogP contribution < -0.4 is 0 Å². The molecule has 2 aromatic rings.